The van der Waals surface area contributed by atoms with Gasteiger partial charge < -0.3 is 9.84 Å². The second-order valence-corrected chi connectivity index (χ2v) is 4.99. The molecule has 0 spiro atoms. The van der Waals surface area contributed by atoms with E-state index in [1.165, 1.54) is 0 Å². The van der Waals surface area contributed by atoms with Crippen molar-refractivity contribution in [3.63, 3.8) is 0 Å². The highest BCUT2D eigenvalue weighted by molar-refractivity contribution is 6.30. The molecule has 0 saturated carbocycles. The van der Waals surface area contributed by atoms with Gasteiger partial charge in [0.1, 0.15) is 18.4 Å². The highest BCUT2D eigenvalue weighted by Gasteiger charge is 2.26. The number of rotatable bonds is 4. The molecule has 1 rings (SSSR count). The number of ether oxygens (including phenoxy) is 1. The zero-order chi connectivity index (χ0) is 13.1. The van der Waals surface area contributed by atoms with Gasteiger partial charge in [-0.3, -0.25) is 0 Å². The molecule has 1 unspecified atom stereocenters. The van der Waals surface area contributed by atoms with E-state index in [1.807, 2.05) is 19.9 Å². The molecule has 0 aliphatic rings. The molecule has 0 amide bonds. The molecule has 0 heterocycles. The molecule has 3 nitrogen and oxygen atoms in total. The minimum atomic E-state index is -0.935. The number of nitriles is 1. The lowest BCUT2D eigenvalue weighted by Crippen LogP contribution is -2.37. The van der Waals surface area contributed by atoms with Gasteiger partial charge in [0.2, 0.25) is 0 Å². The summed E-state index contributed by atoms with van der Waals surface area (Å²) in [6, 6.07) is 6.83. The first kappa shape index (κ1) is 13.8. The second kappa shape index (κ2) is 5.39. The average Bonchev–Trinajstić information content (AvgIpc) is 2.26. The Bertz CT molecular complexity index is 436. The van der Waals surface area contributed by atoms with E-state index in [0.717, 1.165) is 0 Å². The Morgan fingerprint density at radius 2 is 2.18 bits per heavy atom. The van der Waals surface area contributed by atoms with Gasteiger partial charge in [0.25, 0.3) is 0 Å². The van der Waals surface area contributed by atoms with Crippen molar-refractivity contribution >= 4 is 11.6 Å². The lowest BCUT2D eigenvalue weighted by Gasteiger charge is -2.27. The molecule has 0 aliphatic heterocycles. The molecule has 1 N–H and O–H groups in total. The summed E-state index contributed by atoms with van der Waals surface area (Å²) in [5.74, 6) is 0.466. The van der Waals surface area contributed by atoms with Crippen LogP contribution in [0.3, 0.4) is 0 Å². The summed E-state index contributed by atoms with van der Waals surface area (Å²) in [6.45, 7) is 5.65. The molecule has 0 aliphatic carbocycles. The van der Waals surface area contributed by atoms with Gasteiger partial charge in [-0.1, -0.05) is 25.4 Å². The van der Waals surface area contributed by atoms with E-state index in [9.17, 15) is 5.11 Å². The van der Waals surface area contributed by atoms with Crippen molar-refractivity contribution in [2.24, 2.45) is 5.92 Å². The lowest BCUT2D eigenvalue weighted by molar-refractivity contribution is -0.0267. The molecule has 0 aromatic heterocycles. The third-order valence-electron chi connectivity index (χ3n) is 2.83. The van der Waals surface area contributed by atoms with E-state index in [2.05, 4.69) is 0 Å². The summed E-state index contributed by atoms with van der Waals surface area (Å²) in [5.41, 5.74) is -0.524. The highest BCUT2D eigenvalue weighted by atomic mass is 35.5. The van der Waals surface area contributed by atoms with Crippen LogP contribution in [0.5, 0.6) is 5.75 Å². The molecule has 0 bridgehead atoms. The van der Waals surface area contributed by atoms with Crippen LogP contribution in [0.2, 0.25) is 5.02 Å². The standard InChI is InChI=1S/C13H16ClNO2/c1-9(2)13(3,16)8-17-12-6-11(14)5-4-10(12)7-15/h4-6,9,16H,8H2,1-3H3. The largest absolute Gasteiger partial charge is 0.489 e. The maximum Gasteiger partial charge on any atom is 0.138 e. The molecule has 0 radical (unpaired) electrons. The van der Waals surface area contributed by atoms with Crippen LogP contribution < -0.4 is 4.74 Å². The summed E-state index contributed by atoms with van der Waals surface area (Å²) in [4.78, 5) is 0. The molecule has 1 atom stereocenters. The fourth-order valence-electron chi connectivity index (χ4n) is 1.10. The van der Waals surface area contributed by atoms with E-state index in [-0.39, 0.29) is 12.5 Å². The topological polar surface area (TPSA) is 53.2 Å². The second-order valence-electron chi connectivity index (χ2n) is 4.55. The van der Waals surface area contributed by atoms with E-state index < -0.39 is 5.60 Å². The summed E-state index contributed by atoms with van der Waals surface area (Å²) in [7, 11) is 0. The van der Waals surface area contributed by atoms with Gasteiger partial charge in [-0.2, -0.15) is 5.26 Å². The summed E-state index contributed by atoms with van der Waals surface area (Å²) < 4.78 is 5.48. The van der Waals surface area contributed by atoms with Crippen molar-refractivity contribution in [2.75, 3.05) is 6.61 Å². The molecule has 4 heteroatoms. The summed E-state index contributed by atoms with van der Waals surface area (Å²) in [6.07, 6.45) is 0. The molecular weight excluding hydrogens is 238 g/mol. The van der Waals surface area contributed by atoms with Gasteiger partial charge >= 0.3 is 0 Å². The number of aliphatic hydroxyl groups is 1. The van der Waals surface area contributed by atoms with Crippen LogP contribution in [0, 0.1) is 17.2 Å². The van der Waals surface area contributed by atoms with Crippen LogP contribution in [0.25, 0.3) is 0 Å². The van der Waals surface area contributed by atoms with Gasteiger partial charge in [0.15, 0.2) is 0 Å². The van der Waals surface area contributed by atoms with Crippen molar-refractivity contribution in [3.8, 4) is 11.8 Å². The van der Waals surface area contributed by atoms with Crippen molar-refractivity contribution in [3.05, 3.63) is 28.8 Å². The van der Waals surface area contributed by atoms with Gasteiger partial charge in [-0.15, -0.1) is 0 Å². The van der Waals surface area contributed by atoms with Crippen LogP contribution in [-0.2, 0) is 0 Å². The fraction of sp³-hybridized carbons (Fsp3) is 0.462. The molecule has 0 fully saturated rings. The normalized spacial score (nSPS) is 14.2. The van der Waals surface area contributed by atoms with Crippen LogP contribution in [0.15, 0.2) is 18.2 Å². The Balaban J connectivity index is 2.83. The van der Waals surface area contributed by atoms with Gasteiger partial charge in [0.05, 0.1) is 11.2 Å². The van der Waals surface area contributed by atoms with Gasteiger partial charge in [0, 0.05) is 11.1 Å². The van der Waals surface area contributed by atoms with Crippen molar-refractivity contribution in [1.82, 2.24) is 0 Å². The molecule has 0 saturated heterocycles. The predicted octanol–water partition coefficient (Wildman–Crippen LogP) is 3.00. The first-order valence-electron chi connectivity index (χ1n) is 5.41. The maximum absolute atomic E-state index is 10.0. The van der Waals surface area contributed by atoms with Gasteiger partial charge in [-0.05, 0) is 25.0 Å². The van der Waals surface area contributed by atoms with Crippen LogP contribution in [0.1, 0.15) is 26.3 Å². The fourth-order valence-corrected chi connectivity index (χ4v) is 1.26. The van der Waals surface area contributed by atoms with Crippen molar-refractivity contribution in [1.29, 1.82) is 5.26 Å². The number of halogens is 1. The smallest absolute Gasteiger partial charge is 0.138 e. The molecule has 92 valence electrons. The van der Waals surface area contributed by atoms with E-state index in [4.69, 9.17) is 21.6 Å². The average molecular weight is 254 g/mol. The minimum absolute atomic E-state index is 0.0622. The van der Waals surface area contributed by atoms with E-state index in [0.29, 0.717) is 16.3 Å². The molecule has 1 aromatic rings. The first-order chi connectivity index (χ1) is 7.86. The number of nitrogens with zero attached hydrogens (tertiary/aromatic N) is 1. The van der Waals surface area contributed by atoms with Crippen LogP contribution >= 0.6 is 11.6 Å². The SMILES string of the molecule is CC(C)C(C)(O)COc1cc(Cl)ccc1C#N. The Morgan fingerprint density at radius 3 is 2.71 bits per heavy atom. The van der Waals surface area contributed by atoms with Gasteiger partial charge in [-0.25, -0.2) is 0 Å². The number of hydrogen-bond donors (Lipinski definition) is 1. The zero-order valence-corrected chi connectivity index (χ0v) is 11.0. The maximum atomic E-state index is 10.0. The quantitative estimate of drug-likeness (QED) is 0.898. The third kappa shape index (κ3) is 3.62. The molecule has 17 heavy (non-hydrogen) atoms. The highest BCUT2D eigenvalue weighted by Crippen LogP contribution is 2.25. The van der Waals surface area contributed by atoms with Crippen molar-refractivity contribution < 1.29 is 9.84 Å². The predicted molar refractivity (Wildman–Crippen MR) is 67.1 cm³/mol. The number of hydrogen-bond acceptors (Lipinski definition) is 3. The Morgan fingerprint density at radius 1 is 1.53 bits per heavy atom. The van der Waals surface area contributed by atoms with Crippen LogP contribution in [-0.4, -0.2) is 17.3 Å². The lowest BCUT2D eigenvalue weighted by atomic mass is 9.94. The van der Waals surface area contributed by atoms with E-state index in [1.54, 1.807) is 25.1 Å². The van der Waals surface area contributed by atoms with Crippen LogP contribution in [0.4, 0.5) is 0 Å². The number of benzene rings is 1. The van der Waals surface area contributed by atoms with Crippen molar-refractivity contribution in [2.45, 2.75) is 26.4 Å². The third-order valence-corrected chi connectivity index (χ3v) is 3.06. The Kier molecular flexibility index (Phi) is 4.39. The minimum Gasteiger partial charge on any atom is -0.489 e. The zero-order valence-electron chi connectivity index (χ0n) is 10.2. The Labute approximate surface area is 107 Å². The monoisotopic (exact) mass is 253 g/mol. The Hall–Kier alpha value is -1.24. The summed E-state index contributed by atoms with van der Waals surface area (Å²) >= 11 is 5.83. The van der Waals surface area contributed by atoms with E-state index >= 15 is 0 Å². The molecule has 1 aromatic carbocycles. The molecular formula is C13H16ClNO2. The summed E-state index contributed by atoms with van der Waals surface area (Å²) in [5, 5.41) is 19.5. The first-order valence-corrected chi connectivity index (χ1v) is 5.79.